The number of hydrogen-bond donors (Lipinski definition) is 0. The fourth-order valence-corrected chi connectivity index (χ4v) is 2.57. The highest BCUT2D eigenvalue weighted by molar-refractivity contribution is 5.98. The summed E-state index contributed by atoms with van der Waals surface area (Å²) < 4.78 is 12.4. The lowest BCUT2D eigenvalue weighted by molar-refractivity contribution is 0.0962. The summed E-state index contributed by atoms with van der Waals surface area (Å²) in [5.74, 6) is 1.38. The SMILES string of the molecule is O=C(c1ccccc1)n1cccc1-c1ccc2c(c1)OCO2. The number of carbonyl (C=O) groups is 1. The van der Waals surface area contributed by atoms with Crippen molar-refractivity contribution < 1.29 is 14.3 Å². The monoisotopic (exact) mass is 291 g/mol. The molecule has 3 aromatic rings. The number of ether oxygens (including phenoxy) is 2. The molecule has 0 saturated carbocycles. The average Bonchev–Trinajstić information content (AvgIpc) is 3.23. The van der Waals surface area contributed by atoms with Crippen molar-refractivity contribution in [2.24, 2.45) is 0 Å². The second kappa shape index (κ2) is 5.07. The van der Waals surface area contributed by atoms with Crippen molar-refractivity contribution in [1.82, 2.24) is 4.57 Å². The maximum atomic E-state index is 12.6. The second-order valence-corrected chi connectivity index (χ2v) is 5.00. The van der Waals surface area contributed by atoms with E-state index in [1.54, 1.807) is 10.8 Å². The van der Waals surface area contributed by atoms with E-state index in [1.165, 1.54) is 0 Å². The van der Waals surface area contributed by atoms with Crippen LogP contribution in [0.3, 0.4) is 0 Å². The molecule has 22 heavy (non-hydrogen) atoms. The van der Waals surface area contributed by atoms with Gasteiger partial charge in [0.2, 0.25) is 6.79 Å². The van der Waals surface area contributed by atoms with Crippen molar-refractivity contribution in [2.45, 2.75) is 0 Å². The van der Waals surface area contributed by atoms with Crippen molar-refractivity contribution in [3.8, 4) is 22.8 Å². The Kier molecular flexibility index (Phi) is 2.93. The maximum Gasteiger partial charge on any atom is 0.262 e. The van der Waals surface area contributed by atoms with Crippen LogP contribution in [-0.2, 0) is 0 Å². The van der Waals surface area contributed by atoms with Gasteiger partial charge in [0.05, 0.1) is 5.69 Å². The van der Waals surface area contributed by atoms with E-state index in [1.807, 2.05) is 60.7 Å². The molecular formula is C18H13NO3. The highest BCUT2D eigenvalue weighted by Crippen LogP contribution is 2.36. The Labute approximate surface area is 127 Å². The van der Waals surface area contributed by atoms with Crippen LogP contribution in [0.25, 0.3) is 11.3 Å². The molecule has 0 bridgehead atoms. The molecule has 0 radical (unpaired) electrons. The summed E-state index contributed by atoms with van der Waals surface area (Å²) >= 11 is 0. The Balaban J connectivity index is 1.76. The predicted octanol–water partition coefficient (Wildman–Crippen LogP) is 3.57. The largest absolute Gasteiger partial charge is 0.454 e. The first-order valence-electron chi connectivity index (χ1n) is 7.00. The Hall–Kier alpha value is -3.01. The molecule has 4 rings (SSSR count). The molecule has 2 aromatic carbocycles. The van der Waals surface area contributed by atoms with Gasteiger partial charge in [-0.1, -0.05) is 18.2 Å². The zero-order valence-electron chi connectivity index (χ0n) is 11.7. The van der Waals surface area contributed by atoms with Crippen molar-refractivity contribution in [2.75, 3.05) is 6.79 Å². The van der Waals surface area contributed by atoms with Gasteiger partial charge < -0.3 is 9.47 Å². The third-order valence-electron chi connectivity index (χ3n) is 3.66. The minimum atomic E-state index is -0.0572. The number of fused-ring (bicyclic) bond motifs is 1. The summed E-state index contributed by atoms with van der Waals surface area (Å²) in [7, 11) is 0. The molecular weight excluding hydrogens is 278 g/mol. The standard InChI is InChI=1S/C18H13NO3/c20-18(13-5-2-1-3-6-13)19-10-4-7-15(19)14-8-9-16-17(11-14)22-12-21-16/h1-11H,12H2. The molecule has 0 unspecified atom stereocenters. The molecule has 4 heteroatoms. The summed E-state index contributed by atoms with van der Waals surface area (Å²) in [5, 5.41) is 0. The molecule has 0 aliphatic carbocycles. The Morgan fingerprint density at radius 3 is 2.59 bits per heavy atom. The Morgan fingerprint density at radius 1 is 0.909 bits per heavy atom. The molecule has 1 aromatic heterocycles. The minimum absolute atomic E-state index is 0.0572. The van der Waals surface area contributed by atoms with Crippen LogP contribution in [0.1, 0.15) is 10.4 Å². The Morgan fingerprint density at radius 2 is 1.73 bits per heavy atom. The number of carbonyl (C=O) groups excluding carboxylic acids is 1. The average molecular weight is 291 g/mol. The van der Waals surface area contributed by atoms with Gasteiger partial charge in [-0.25, -0.2) is 0 Å². The smallest absolute Gasteiger partial charge is 0.262 e. The zero-order chi connectivity index (χ0) is 14.9. The lowest BCUT2D eigenvalue weighted by atomic mass is 10.1. The van der Waals surface area contributed by atoms with Gasteiger partial charge in [0.25, 0.3) is 5.91 Å². The summed E-state index contributed by atoms with van der Waals surface area (Å²) in [5.41, 5.74) is 2.39. The number of hydrogen-bond acceptors (Lipinski definition) is 3. The van der Waals surface area contributed by atoms with Crippen LogP contribution in [0.4, 0.5) is 0 Å². The van der Waals surface area contributed by atoms with Gasteiger partial charge in [0.1, 0.15) is 0 Å². The quantitative estimate of drug-likeness (QED) is 0.724. The van der Waals surface area contributed by atoms with Crippen molar-refractivity contribution in [3.05, 3.63) is 72.4 Å². The maximum absolute atomic E-state index is 12.6. The Bertz CT molecular complexity index is 837. The van der Waals surface area contributed by atoms with Crippen LogP contribution in [-0.4, -0.2) is 17.3 Å². The molecule has 0 atom stereocenters. The first kappa shape index (κ1) is 12.7. The van der Waals surface area contributed by atoms with E-state index >= 15 is 0 Å². The van der Waals surface area contributed by atoms with Crippen LogP contribution in [0.2, 0.25) is 0 Å². The van der Waals surface area contributed by atoms with E-state index in [-0.39, 0.29) is 12.7 Å². The van der Waals surface area contributed by atoms with Crippen molar-refractivity contribution in [1.29, 1.82) is 0 Å². The summed E-state index contributed by atoms with van der Waals surface area (Å²) in [4.78, 5) is 12.6. The molecule has 108 valence electrons. The lowest BCUT2D eigenvalue weighted by Crippen LogP contribution is -2.11. The fourth-order valence-electron chi connectivity index (χ4n) is 2.57. The predicted molar refractivity (Wildman–Crippen MR) is 82.2 cm³/mol. The van der Waals surface area contributed by atoms with Gasteiger partial charge >= 0.3 is 0 Å². The zero-order valence-corrected chi connectivity index (χ0v) is 11.7. The van der Waals surface area contributed by atoms with Gasteiger partial charge in [-0.05, 0) is 42.5 Å². The molecule has 0 fully saturated rings. The van der Waals surface area contributed by atoms with Crippen LogP contribution in [0.15, 0.2) is 66.9 Å². The number of benzene rings is 2. The topological polar surface area (TPSA) is 40.5 Å². The molecule has 1 aliphatic rings. The van der Waals surface area contributed by atoms with E-state index in [2.05, 4.69) is 0 Å². The first-order chi connectivity index (χ1) is 10.8. The van der Waals surface area contributed by atoms with Gasteiger partial charge in [0, 0.05) is 17.3 Å². The van der Waals surface area contributed by atoms with E-state index in [0.29, 0.717) is 11.3 Å². The third-order valence-corrected chi connectivity index (χ3v) is 3.66. The lowest BCUT2D eigenvalue weighted by Gasteiger charge is -2.09. The van der Waals surface area contributed by atoms with E-state index < -0.39 is 0 Å². The molecule has 0 amide bonds. The minimum Gasteiger partial charge on any atom is -0.454 e. The van der Waals surface area contributed by atoms with Gasteiger partial charge in [-0.3, -0.25) is 9.36 Å². The second-order valence-electron chi connectivity index (χ2n) is 5.00. The fraction of sp³-hybridized carbons (Fsp3) is 0.0556. The molecule has 4 nitrogen and oxygen atoms in total. The first-order valence-corrected chi connectivity index (χ1v) is 7.00. The van der Waals surface area contributed by atoms with Gasteiger partial charge in [-0.15, -0.1) is 0 Å². The van der Waals surface area contributed by atoms with Crippen molar-refractivity contribution in [3.63, 3.8) is 0 Å². The molecule has 2 heterocycles. The number of nitrogens with zero attached hydrogens (tertiary/aromatic N) is 1. The van der Waals surface area contributed by atoms with E-state index in [9.17, 15) is 4.79 Å². The summed E-state index contributed by atoms with van der Waals surface area (Å²) in [6, 6.07) is 18.7. The number of rotatable bonds is 2. The van der Waals surface area contributed by atoms with E-state index in [4.69, 9.17) is 9.47 Å². The highest BCUT2D eigenvalue weighted by Gasteiger charge is 2.17. The van der Waals surface area contributed by atoms with Crippen LogP contribution in [0.5, 0.6) is 11.5 Å². The molecule has 0 N–H and O–H groups in total. The number of aromatic nitrogens is 1. The summed E-state index contributed by atoms with van der Waals surface area (Å²) in [6.45, 7) is 0.239. The summed E-state index contributed by atoms with van der Waals surface area (Å²) in [6.07, 6.45) is 1.77. The van der Waals surface area contributed by atoms with Crippen LogP contribution >= 0.6 is 0 Å². The van der Waals surface area contributed by atoms with Gasteiger partial charge in [0.15, 0.2) is 11.5 Å². The van der Waals surface area contributed by atoms with Crippen LogP contribution < -0.4 is 9.47 Å². The molecule has 1 aliphatic heterocycles. The van der Waals surface area contributed by atoms with Crippen molar-refractivity contribution >= 4 is 5.91 Å². The van der Waals surface area contributed by atoms with Gasteiger partial charge in [-0.2, -0.15) is 0 Å². The third kappa shape index (κ3) is 2.05. The normalized spacial score (nSPS) is 12.4. The molecule has 0 saturated heterocycles. The van der Waals surface area contributed by atoms with Crippen LogP contribution in [0, 0.1) is 0 Å². The molecule has 0 spiro atoms. The van der Waals surface area contributed by atoms with E-state index in [0.717, 1.165) is 17.0 Å². The highest BCUT2D eigenvalue weighted by atomic mass is 16.7.